The summed E-state index contributed by atoms with van der Waals surface area (Å²) in [4.78, 5) is 22.2. The van der Waals surface area contributed by atoms with Crippen molar-refractivity contribution in [2.45, 2.75) is 32.2 Å². The SMILES string of the molecule is Cc1cc(C(=O)N2CCCC[C@@H]2c2nc3ccc(F)cc3[nH]2)no1. The van der Waals surface area contributed by atoms with Crippen LogP contribution in [0.4, 0.5) is 4.39 Å². The second-order valence-electron chi connectivity index (χ2n) is 6.12. The minimum absolute atomic E-state index is 0.164. The Morgan fingerprint density at radius 2 is 2.25 bits per heavy atom. The van der Waals surface area contributed by atoms with Gasteiger partial charge in [-0.15, -0.1) is 0 Å². The molecule has 4 rings (SSSR count). The molecule has 1 aliphatic rings. The third kappa shape index (κ3) is 2.55. The first-order valence-corrected chi connectivity index (χ1v) is 8.01. The number of aromatic nitrogens is 3. The van der Waals surface area contributed by atoms with Gasteiger partial charge in [0.05, 0.1) is 17.1 Å². The molecule has 2 aromatic heterocycles. The molecule has 7 heteroatoms. The summed E-state index contributed by atoms with van der Waals surface area (Å²) >= 11 is 0. The van der Waals surface area contributed by atoms with Crippen LogP contribution in [0.1, 0.15) is 47.4 Å². The van der Waals surface area contributed by atoms with Crippen LogP contribution < -0.4 is 0 Å². The van der Waals surface area contributed by atoms with Gasteiger partial charge in [0.2, 0.25) is 0 Å². The number of piperidine rings is 1. The lowest BCUT2D eigenvalue weighted by molar-refractivity contribution is 0.0590. The molecule has 0 radical (unpaired) electrons. The summed E-state index contributed by atoms with van der Waals surface area (Å²) in [7, 11) is 0. The van der Waals surface area contributed by atoms with Gasteiger partial charge < -0.3 is 14.4 Å². The number of amides is 1. The van der Waals surface area contributed by atoms with E-state index in [1.165, 1.54) is 12.1 Å². The summed E-state index contributed by atoms with van der Waals surface area (Å²) < 4.78 is 18.4. The fraction of sp³-hybridized carbons (Fsp3) is 0.353. The molecule has 0 saturated carbocycles. The van der Waals surface area contributed by atoms with Crippen molar-refractivity contribution < 1.29 is 13.7 Å². The maximum atomic E-state index is 13.4. The highest BCUT2D eigenvalue weighted by Crippen LogP contribution is 2.31. The van der Waals surface area contributed by atoms with Gasteiger partial charge in [-0.3, -0.25) is 4.79 Å². The first-order chi connectivity index (χ1) is 11.6. The lowest BCUT2D eigenvalue weighted by Gasteiger charge is -2.33. The molecule has 0 bridgehead atoms. The van der Waals surface area contributed by atoms with E-state index in [0.717, 1.165) is 19.3 Å². The van der Waals surface area contributed by atoms with Gasteiger partial charge in [0.25, 0.3) is 5.91 Å². The minimum Gasteiger partial charge on any atom is -0.361 e. The Labute approximate surface area is 137 Å². The molecule has 1 atom stereocenters. The van der Waals surface area contributed by atoms with Gasteiger partial charge in [0, 0.05) is 12.6 Å². The molecule has 1 fully saturated rings. The molecular formula is C17H17FN4O2. The number of imidazole rings is 1. The first-order valence-electron chi connectivity index (χ1n) is 8.01. The number of benzene rings is 1. The number of hydrogen-bond acceptors (Lipinski definition) is 4. The van der Waals surface area contributed by atoms with E-state index in [0.29, 0.717) is 34.9 Å². The van der Waals surface area contributed by atoms with Crippen LogP contribution in [0.25, 0.3) is 11.0 Å². The molecule has 6 nitrogen and oxygen atoms in total. The summed E-state index contributed by atoms with van der Waals surface area (Å²) in [5.41, 5.74) is 1.64. The van der Waals surface area contributed by atoms with E-state index in [-0.39, 0.29) is 17.8 Å². The quantitative estimate of drug-likeness (QED) is 0.782. The zero-order valence-corrected chi connectivity index (χ0v) is 13.3. The van der Waals surface area contributed by atoms with E-state index in [9.17, 15) is 9.18 Å². The van der Waals surface area contributed by atoms with Crippen LogP contribution >= 0.6 is 0 Å². The molecule has 1 saturated heterocycles. The van der Waals surface area contributed by atoms with Gasteiger partial charge in [-0.1, -0.05) is 5.16 Å². The second kappa shape index (κ2) is 5.74. The fourth-order valence-electron chi connectivity index (χ4n) is 3.23. The van der Waals surface area contributed by atoms with Crippen molar-refractivity contribution in [3.8, 4) is 0 Å². The number of fused-ring (bicyclic) bond motifs is 1. The molecule has 1 aromatic carbocycles. The average Bonchev–Trinajstić information content (AvgIpc) is 3.20. The van der Waals surface area contributed by atoms with E-state index >= 15 is 0 Å². The Balaban J connectivity index is 1.69. The molecule has 1 aliphatic heterocycles. The van der Waals surface area contributed by atoms with Crippen molar-refractivity contribution in [3.63, 3.8) is 0 Å². The maximum absolute atomic E-state index is 13.4. The Kier molecular flexibility index (Phi) is 3.55. The molecule has 0 spiro atoms. The Morgan fingerprint density at radius 1 is 1.38 bits per heavy atom. The fourth-order valence-corrected chi connectivity index (χ4v) is 3.23. The molecule has 124 valence electrons. The van der Waals surface area contributed by atoms with Crippen molar-refractivity contribution in [1.82, 2.24) is 20.0 Å². The normalized spacial score (nSPS) is 18.2. The van der Waals surface area contributed by atoms with Gasteiger partial charge in [0.1, 0.15) is 17.4 Å². The summed E-state index contributed by atoms with van der Waals surface area (Å²) in [5, 5.41) is 3.83. The van der Waals surface area contributed by atoms with Crippen LogP contribution in [0.5, 0.6) is 0 Å². The highest BCUT2D eigenvalue weighted by Gasteiger charge is 2.32. The molecule has 0 unspecified atom stereocenters. The zero-order valence-electron chi connectivity index (χ0n) is 13.3. The third-order valence-corrected chi connectivity index (χ3v) is 4.39. The van der Waals surface area contributed by atoms with Gasteiger partial charge in [0.15, 0.2) is 5.69 Å². The van der Waals surface area contributed by atoms with E-state index in [4.69, 9.17) is 4.52 Å². The summed E-state index contributed by atoms with van der Waals surface area (Å²) in [5.74, 6) is 0.811. The molecule has 3 aromatic rings. The number of hydrogen-bond donors (Lipinski definition) is 1. The highest BCUT2D eigenvalue weighted by molar-refractivity contribution is 5.92. The Hall–Kier alpha value is -2.70. The van der Waals surface area contributed by atoms with Gasteiger partial charge >= 0.3 is 0 Å². The monoisotopic (exact) mass is 328 g/mol. The van der Waals surface area contributed by atoms with Gasteiger partial charge in [-0.05, 0) is 44.4 Å². The van der Waals surface area contributed by atoms with E-state index in [1.807, 2.05) is 0 Å². The number of nitrogens with zero attached hydrogens (tertiary/aromatic N) is 3. The number of H-pyrrole nitrogens is 1. The van der Waals surface area contributed by atoms with Crippen molar-refractivity contribution in [2.24, 2.45) is 0 Å². The van der Waals surface area contributed by atoms with Gasteiger partial charge in [-0.25, -0.2) is 9.37 Å². The molecule has 1 N–H and O–H groups in total. The first kappa shape index (κ1) is 14.9. The van der Waals surface area contributed by atoms with E-state index in [2.05, 4.69) is 15.1 Å². The predicted octanol–water partition coefficient (Wildman–Crippen LogP) is 3.37. The molecule has 24 heavy (non-hydrogen) atoms. The van der Waals surface area contributed by atoms with Crippen LogP contribution in [0.2, 0.25) is 0 Å². The number of rotatable bonds is 2. The number of nitrogens with one attached hydrogen (secondary N) is 1. The third-order valence-electron chi connectivity index (χ3n) is 4.39. The maximum Gasteiger partial charge on any atom is 0.276 e. The number of aryl methyl sites for hydroxylation is 1. The lowest BCUT2D eigenvalue weighted by atomic mass is 10.0. The summed E-state index contributed by atoms with van der Waals surface area (Å²) in [6.07, 6.45) is 2.76. The van der Waals surface area contributed by atoms with E-state index < -0.39 is 0 Å². The van der Waals surface area contributed by atoms with Gasteiger partial charge in [-0.2, -0.15) is 0 Å². The largest absolute Gasteiger partial charge is 0.361 e. The standard InChI is InChI=1S/C17H17FN4O2/c1-10-8-14(21-24-10)17(23)22-7-3-2-4-15(22)16-19-12-6-5-11(18)9-13(12)20-16/h5-6,8-9,15H,2-4,7H2,1H3,(H,19,20)/t15-/m1/s1. The van der Waals surface area contributed by atoms with Crippen molar-refractivity contribution >= 4 is 16.9 Å². The van der Waals surface area contributed by atoms with Crippen LogP contribution in [-0.4, -0.2) is 32.5 Å². The number of halogens is 1. The number of likely N-dealkylation sites (tertiary alicyclic amines) is 1. The Bertz CT molecular complexity index is 901. The molecular weight excluding hydrogens is 311 g/mol. The number of carbonyl (C=O) groups excluding carboxylic acids is 1. The van der Waals surface area contributed by atoms with Crippen molar-refractivity contribution in [3.05, 3.63) is 47.4 Å². The number of aromatic amines is 1. The predicted molar refractivity (Wildman–Crippen MR) is 84.9 cm³/mol. The topological polar surface area (TPSA) is 75.0 Å². The van der Waals surface area contributed by atoms with Crippen molar-refractivity contribution in [1.29, 1.82) is 0 Å². The smallest absolute Gasteiger partial charge is 0.276 e. The lowest BCUT2D eigenvalue weighted by Crippen LogP contribution is -2.39. The minimum atomic E-state index is -0.313. The molecule has 1 amide bonds. The van der Waals surface area contributed by atoms with Crippen LogP contribution in [0.15, 0.2) is 28.8 Å². The van der Waals surface area contributed by atoms with E-state index in [1.54, 1.807) is 24.0 Å². The van der Waals surface area contributed by atoms with Crippen LogP contribution in [0.3, 0.4) is 0 Å². The number of carbonyl (C=O) groups is 1. The molecule has 0 aliphatic carbocycles. The average molecular weight is 328 g/mol. The second-order valence-corrected chi connectivity index (χ2v) is 6.12. The zero-order chi connectivity index (χ0) is 16.7. The summed E-state index contributed by atoms with van der Waals surface area (Å²) in [6, 6.07) is 5.91. The summed E-state index contributed by atoms with van der Waals surface area (Å²) in [6.45, 7) is 2.39. The van der Waals surface area contributed by atoms with Crippen molar-refractivity contribution in [2.75, 3.05) is 6.54 Å². The van der Waals surface area contributed by atoms with Crippen LogP contribution in [-0.2, 0) is 0 Å². The highest BCUT2D eigenvalue weighted by atomic mass is 19.1. The molecule has 3 heterocycles. The van der Waals surface area contributed by atoms with Crippen LogP contribution in [0, 0.1) is 12.7 Å². The Morgan fingerprint density at radius 3 is 3.04 bits per heavy atom.